The van der Waals surface area contributed by atoms with Gasteiger partial charge in [0.2, 0.25) is 15.9 Å². The van der Waals surface area contributed by atoms with Crippen LogP contribution in [0, 0.1) is 0 Å². The lowest BCUT2D eigenvalue weighted by atomic mass is 10.2. The molecule has 0 unspecified atom stereocenters. The van der Waals surface area contributed by atoms with Gasteiger partial charge in [-0.2, -0.15) is 17.5 Å². The van der Waals surface area contributed by atoms with E-state index < -0.39 is 39.1 Å². The molecule has 5 nitrogen and oxygen atoms in total. The van der Waals surface area contributed by atoms with Gasteiger partial charge >= 0.3 is 6.18 Å². The third-order valence-corrected chi connectivity index (χ3v) is 6.67. The van der Waals surface area contributed by atoms with Crippen LogP contribution in [0.4, 0.5) is 13.2 Å². The van der Waals surface area contributed by atoms with Crippen LogP contribution in [0.1, 0.15) is 17.4 Å². The Morgan fingerprint density at radius 2 is 2.00 bits per heavy atom. The monoisotopic (exact) mass is 440 g/mol. The molecule has 0 bridgehead atoms. The van der Waals surface area contributed by atoms with E-state index in [4.69, 9.17) is 11.6 Å². The van der Waals surface area contributed by atoms with E-state index in [1.54, 1.807) is 12.1 Å². The first-order valence-electron chi connectivity index (χ1n) is 7.71. The van der Waals surface area contributed by atoms with Crippen molar-refractivity contribution in [3.8, 4) is 0 Å². The molecule has 148 valence electrons. The Labute approximate surface area is 163 Å². The number of hydrogen-bond acceptors (Lipinski definition) is 4. The number of rotatable bonds is 7. The molecule has 27 heavy (non-hydrogen) atoms. The highest BCUT2D eigenvalue weighted by Crippen LogP contribution is 2.36. The van der Waals surface area contributed by atoms with Gasteiger partial charge in [-0.25, -0.2) is 8.42 Å². The maximum atomic E-state index is 13.2. The SMILES string of the molecule is CCN(CC(=O)NCc1cccs1)S(=O)(=O)c1ccc(Cl)cc1C(F)(F)F. The Bertz CT molecular complexity index is 900. The Morgan fingerprint density at radius 3 is 2.56 bits per heavy atom. The zero-order valence-corrected chi connectivity index (χ0v) is 16.5. The molecule has 2 aromatic rings. The summed E-state index contributed by atoms with van der Waals surface area (Å²) in [5.41, 5.74) is -1.37. The second kappa shape index (κ2) is 8.59. The van der Waals surface area contributed by atoms with E-state index in [1.807, 2.05) is 5.38 Å². The van der Waals surface area contributed by atoms with Crippen molar-refractivity contribution in [1.82, 2.24) is 9.62 Å². The van der Waals surface area contributed by atoms with E-state index in [0.29, 0.717) is 10.4 Å². The fraction of sp³-hybridized carbons (Fsp3) is 0.312. The molecule has 0 aliphatic heterocycles. The van der Waals surface area contributed by atoms with E-state index in [9.17, 15) is 26.4 Å². The molecule has 1 aromatic carbocycles. The normalized spacial score (nSPS) is 12.4. The van der Waals surface area contributed by atoms with Gasteiger partial charge in [-0.05, 0) is 29.6 Å². The fourth-order valence-electron chi connectivity index (χ4n) is 2.27. The van der Waals surface area contributed by atoms with E-state index in [-0.39, 0.29) is 18.1 Å². The number of carbonyl (C=O) groups excluding carboxylic acids is 1. The minimum absolute atomic E-state index is 0.172. The Kier molecular flexibility index (Phi) is 6.90. The van der Waals surface area contributed by atoms with Crippen LogP contribution in [0.25, 0.3) is 0 Å². The van der Waals surface area contributed by atoms with Crippen molar-refractivity contribution >= 4 is 38.9 Å². The highest BCUT2D eigenvalue weighted by atomic mass is 35.5. The number of benzene rings is 1. The van der Waals surface area contributed by atoms with Crippen molar-refractivity contribution in [2.24, 2.45) is 0 Å². The molecule has 2 rings (SSSR count). The van der Waals surface area contributed by atoms with Crippen molar-refractivity contribution in [1.29, 1.82) is 0 Å². The number of alkyl halides is 3. The number of likely N-dealkylation sites (N-methyl/N-ethyl adjacent to an activating group) is 1. The number of hydrogen-bond donors (Lipinski definition) is 1. The summed E-state index contributed by atoms with van der Waals surface area (Å²) >= 11 is 7.00. The molecule has 0 aliphatic carbocycles. The number of nitrogens with one attached hydrogen (secondary N) is 1. The van der Waals surface area contributed by atoms with Crippen LogP contribution in [0.2, 0.25) is 5.02 Å². The number of halogens is 4. The van der Waals surface area contributed by atoms with Crippen molar-refractivity contribution in [3.05, 3.63) is 51.2 Å². The van der Waals surface area contributed by atoms with Gasteiger partial charge in [-0.3, -0.25) is 4.79 Å². The first-order chi connectivity index (χ1) is 12.6. The number of thiophene rings is 1. The maximum absolute atomic E-state index is 13.2. The van der Waals surface area contributed by atoms with Crippen molar-refractivity contribution in [2.75, 3.05) is 13.1 Å². The number of carbonyl (C=O) groups is 1. The van der Waals surface area contributed by atoms with Gasteiger partial charge < -0.3 is 5.32 Å². The Balaban J connectivity index is 2.24. The minimum atomic E-state index is -4.91. The lowest BCUT2D eigenvalue weighted by molar-refractivity contribution is -0.139. The summed E-state index contributed by atoms with van der Waals surface area (Å²) in [5, 5.41) is 4.13. The molecule has 0 atom stereocenters. The van der Waals surface area contributed by atoms with Gasteiger partial charge in [0.15, 0.2) is 0 Å². The van der Waals surface area contributed by atoms with Gasteiger partial charge in [0.25, 0.3) is 0 Å². The van der Waals surface area contributed by atoms with E-state index >= 15 is 0 Å². The summed E-state index contributed by atoms with van der Waals surface area (Å²) in [7, 11) is -4.55. The van der Waals surface area contributed by atoms with Crippen LogP contribution in [0.3, 0.4) is 0 Å². The third-order valence-electron chi connectivity index (χ3n) is 3.58. The minimum Gasteiger partial charge on any atom is -0.350 e. The predicted molar refractivity (Wildman–Crippen MR) is 97.1 cm³/mol. The standard InChI is InChI=1S/C16H16ClF3N2O3S2/c1-2-22(10-15(23)21-9-12-4-3-7-26-12)27(24,25)14-6-5-11(17)8-13(14)16(18,19)20/h3-8H,2,9-10H2,1H3,(H,21,23). The van der Waals surface area contributed by atoms with Gasteiger partial charge in [-0.15, -0.1) is 11.3 Å². The summed E-state index contributed by atoms with van der Waals surface area (Å²) in [5.74, 6) is -0.614. The van der Waals surface area contributed by atoms with Gasteiger partial charge in [-0.1, -0.05) is 24.6 Å². The lowest BCUT2D eigenvalue weighted by Gasteiger charge is -2.22. The van der Waals surface area contributed by atoms with Crippen LogP contribution < -0.4 is 5.32 Å². The number of sulfonamides is 1. The fourth-order valence-corrected chi connectivity index (χ4v) is 4.68. The zero-order chi connectivity index (χ0) is 20.2. The van der Waals surface area contributed by atoms with E-state index in [2.05, 4.69) is 5.32 Å². The average molecular weight is 441 g/mol. The van der Waals surface area contributed by atoms with Crippen LogP contribution in [0.5, 0.6) is 0 Å². The van der Waals surface area contributed by atoms with Crippen LogP contribution in [0.15, 0.2) is 40.6 Å². The largest absolute Gasteiger partial charge is 0.417 e. The van der Waals surface area contributed by atoms with Crippen molar-refractivity contribution in [2.45, 2.75) is 24.5 Å². The van der Waals surface area contributed by atoms with Crippen LogP contribution in [-0.4, -0.2) is 31.7 Å². The van der Waals surface area contributed by atoms with E-state index in [1.165, 1.54) is 18.3 Å². The maximum Gasteiger partial charge on any atom is 0.417 e. The second-order valence-electron chi connectivity index (χ2n) is 5.43. The molecule has 1 N–H and O–H groups in total. The molecule has 1 amide bonds. The number of nitrogens with zero attached hydrogens (tertiary/aromatic N) is 1. The zero-order valence-electron chi connectivity index (χ0n) is 14.1. The third kappa shape index (κ3) is 5.44. The molecule has 0 saturated heterocycles. The Morgan fingerprint density at radius 1 is 1.30 bits per heavy atom. The van der Waals surface area contributed by atoms with Crippen molar-refractivity contribution in [3.63, 3.8) is 0 Å². The molecule has 0 saturated carbocycles. The topological polar surface area (TPSA) is 66.5 Å². The molecule has 11 heteroatoms. The Hall–Kier alpha value is -1.62. The smallest absolute Gasteiger partial charge is 0.350 e. The van der Waals surface area contributed by atoms with E-state index in [0.717, 1.165) is 17.0 Å². The number of amides is 1. The molecule has 0 spiro atoms. The summed E-state index contributed by atoms with van der Waals surface area (Å²) in [6.45, 7) is 0.884. The molecule has 0 aliphatic rings. The van der Waals surface area contributed by atoms with Crippen LogP contribution >= 0.6 is 22.9 Å². The summed E-state index contributed by atoms with van der Waals surface area (Å²) < 4.78 is 65.9. The summed E-state index contributed by atoms with van der Waals surface area (Å²) in [4.78, 5) is 12.0. The summed E-state index contributed by atoms with van der Waals surface area (Å²) in [6, 6.07) is 6.01. The van der Waals surface area contributed by atoms with Gasteiger partial charge in [0, 0.05) is 16.4 Å². The highest BCUT2D eigenvalue weighted by Gasteiger charge is 2.39. The molecular formula is C16H16ClF3N2O3S2. The molecule has 0 fully saturated rings. The van der Waals surface area contributed by atoms with Gasteiger partial charge in [0.1, 0.15) is 0 Å². The van der Waals surface area contributed by atoms with Gasteiger partial charge in [0.05, 0.1) is 23.5 Å². The molecule has 1 heterocycles. The quantitative estimate of drug-likeness (QED) is 0.713. The highest BCUT2D eigenvalue weighted by molar-refractivity contribution is 7.89. The molecule has 1 aromatic heterocycles. The summed E-state index contributed by atoms with van der Waals surface area (Å²) in [6.07, 6.45) is -4.91. The first-order valence-corrected chi connectivity index (χ1v) is 10.4. The van der Waals surface area contributed by atoms with Crippen molar-refractivity contribution < 1.29 is 26.4 Å². The average Bonchev–Trinajstić information content (AvgIpc) is 3.10. The first kappa shape index (κ1) is 21.7. The molecular weight excluding hydrogens is 425 g/mol. The predicted octanol–water partition coefficient (Wildman–Crippen LogP) is 3.75. The second-order valence-corrected chi connectivity index (χ2v) is 8.80. The van der Waals surface area contributed by atoms with Crippen LogP contribution in [-0.2, 0) is 27.5 Å². The lowest BCUT2D eigenvalue weighted by Crippen LogP contribution is -2.40. The molecule has 0 radical (unpaired) electrons.